The van der Waals surface area contributed by atoms with E-state index in [1.807, 2.05) is 37.4 Å². The number of nitrogens with one attached hydrogen (secondary N) is 1. The molecule has 1 aromatic carbocycles. The van der Waals surface area contributed by atoms with Crippen molar-refractivity contribution in [2.75, 3.05) is 39.5 Å². The first-order valence-electron chi connectivity index (χ1n) is 9.31. The molecule has 1 aliphatic rings. The van der Waals surface area contributed by atoms with E-state index in [2.05, 4.69) is 10.4 Å². The highest BCUT2D eigenvalue weighted by molar-refractivity contribution is 5.80. The monoisotopic (exact) mass is 374 g/mol. The number of hydrogen-bond donors (Lipinski definition) is 1. The first-order valence-corrected chi connectivity index (χ1v) is 9.31. The molecular weight excluding hydrogens is 348 g/mol. The fourth-order valence-electron chi connectivity index (χ4n) is 3.01. The molecule has 0 bridgehead atoms. The van der Waals surface area contributed by atoms with Crippen LogP contribution in [0.2, 0.25) is 0 Å². The molecule has 1 N–H and O–H groups in total. The van der Waals surface area contributed by atoms with E-state index in [9.17, 15) is 9.59 Å². The number of nitrogens with zero attached hydrogens (tertiary/aromatic N) is 3. The van der Waals surface area contributed by atoms with Crippen LogP contribution >= 0.6 is 0 Å². The standard InChI is InChI=1S/C19H26N4O4/c1-2-22(9-8-20-18(24)14-27-16-7-10-26-13-16)19(25)12-23-11-15-5-3-4-6-17(15)21-23/h3-6,11,16H,2,7-10,12-14H2,1H3,(H,20,24). The van der Waals surface area contributed by atoms with Crippen LogP contribution in [-0.4, -0.2) is 72.1 Å². The van der Waals surface area contributed by atoms with E-state index in [4.69, 9.17) is 9.47 Å². The van der Waals surface area contributed by atoms with Gasteiger partial charge in [0, 0.05) is 37.8 Å². The van der Waals surface area contributed by atoms with Crippen LogP contribution in [-0.2, 0) is 25.6 Å². The minimum absolute atomic E-state index is 0.00838. The lowest BCUT2D eigenvalue weighted by atomic mass is 10.3. The number of amides is 2. The van der Waals surface area contributed by atoms with Gasteiger partial charge in [0.1, 0.15) is 13.2 Å². The lowest BCUT2D eigenvalue weighted by Crippen LogP contribution is -2.41. The van der Waals surface area contributed by atoms with Crippen LogP contribution in [0, 0.1) is 0 Å². The molecule has 0 saturated carbocycles. The van der Waals surface area contributed by atoms with Crippen molar-refractivity contribution in [1.29, 1.82) is 0 Å². The summed E-state index contributed by atoms with van der Waals surface area (Å²) in [6.45, 7) is 4.78. The predicted octanol–water partition coefficient (Wildman–Crippen LogP) is 0.807. The van der Waals surface area contributed by atoms with E-state index >= 15 is 0 Å². The summed E-state index contributed by atoms with van der Waals surface area (Å²) in [7, 11) is 0. The van der Waals surface area contributed by atoms with Gasteiger partial charge in [-0.2, -0.15) is 5.10 Å². The summed E-state index contributed by atoms with van der Waals surface area (Å²) >= 11 is 0. The van der Waals surface area contributed by atoms with Crippen LogP contribution in [0.1, 0.15) is 13.3 Å². The number of carbonyl (C=O) groups is 2. The van der Waals surface area contributed by atoms with Gasteiger partial charge in [0.2, 0.25) is 11.8 Å². The van der Waals surface area contributed by atoms with Gasteiger partial charge < -0.3 is 19.7 Å². The number of rotatable bonds is 9. The third kappa shape index (κ3) is 5.51. The summed E-state index contributed by atoms with van der Waals surface area (Å²) in [6.07, 6.45) is 2.70. The minimum Gasteiger partial charge on any atom is -0.379 e. The van der Waals surface area contributed by atoms with Crippen molar-refractivity contribution < 1.29 is 19.1 Å². The summed E-state index contributed by atoms with van der Waals surface area (Å²) in [6, 6.07) is 7.76. The van der Waals surface area contributed by atoms with Crippen LogP contribution < -0.4 is 5.32 Å². The second kappa shape index (κ2) is 9.48. The Balaban J connectivity index is 1.40. The zero-order chi connectivity index (χ0) is 19.1. The van der Waals surface area contributed by atoms with Crippen LogP contribution in [0.3, 0.4) is 0 Å². The third-order valence-electron chi connectivity index (χ3n) is 4.53. The Morgan fingerprint density at radius 2 is 2.26 bits per heavy atom. The number of hydrogen-bond acceptors (Lipinski definition) is 5. The summed E-state index contributed by atoms with van der Waals surface area (Å²) < 4.78 is 12.3. The zero-order valence-electron chi connectivity index (χ0n) is 15.6. The molecule has 146 valence electrons. The smallest absolute Gasteiger partial charge is 0.246 e. The Labute approximate surface area is 158 Å². The van der Waals surface area contributed by atoms with Gasteiger partial charge in [0.15, 0.2) is 0 Å². The average Bonchev–Trinajstić information content (AvgIpc) is 3.32. The quantitative estimate of drug-likeness (QED) is 0.702. The maximum atomic E-state index is 12.5. The van der Waals surface area contributed by atoms with Crippen molar-refractivity contribution in [2.45, 2.75) is 26.0 Å². The van der Waals surface area contributed by atoms with E-state index in [0.717, 1.165) is 17.3 Å². The molecule has 1 unspecified atom stereocenters. The van der Waals surface area contributed by atoms with Crippen LogP contribution in [0.15, 0.2) is 30.5 Å². The number of ether oxygens (including phenoxy) is 2. The highest BCUT2D eigenvalue weighted by Gasteiger charge is 2.17. The van der Waals surface area contributed by atoms with E-state index < -0.39 is 0 Å². The topological polar surface area (TPSA) is 85.7 Å². The maximum Gasteiger partial charge on any atom is 0.246 e. The number of likely N-dealkylation sites (N-methyl/N-ethyl adjacent to an activating group) is 1. The molecule has 1 aliphatic heterocycles. The number of fused-ring (bicyclic) bond motifs is 1. The first-order chi connectivity index (χ1) is 13.2. The number of benzene rings is 1. The Hall–Kier alpha value is -2.45. The summed E-state index contributed by atoms with van der Waals surface area (Å²) in [5.74, 6) is -0.206. The van der Waals surface area contributed by atoms with Crippen molar-refractivity contribution in [3.05, 3.63) is 30.5 Å². The highest BCUT2D eigenvalue weighted by atomic mass is 16.5. The molecule has 2 aromatic rings. The van der Waals surface area contributed by atoms with Crippen LogP contribution in [0.4, 0.5) is 0 Å². The molecule has 2 heterocycles. The molecule has 0 radical (unpaired) electrons. The molecule has 8 nitrogen and oxygen atoms in total. The van der Waals surface area contributed by atoms with E-state index in [1.54, 1.807) is 9.58 Å². The predicted molar refractivity (Wildman–Crippen MR) is 100 cm³/mol. The molecule has 1 aromatic heterocycles. The Kier molecular flexibility index (Phi) is 6.78. The zero-order valence-corrected chi connectivity index (χ0v) is 15.6. The van der Waals surface area contributed by atoms with Crippen molar-refractivity contribution in [2.24, 2.45) is 0 Å². The number of aromatic nitrogens is 2. The fourth-order valence-corrected chi connectivity index (χ4v) is 3.01. The van der Waals surface area contributed by atoms with Gasteiger partial charge in [0.05, 0.1) is 18.2 Å². The van der Waals surface area contributed by atoms with E-state index in [0.29, 0.717) is 32.8 Å². The second-order valence-electron chi connectivity index (χ2n) is 6.51. The van der Waals surface area contributed by atoms with Gasteiger partial charge >= 0.3 is 0 Å². The maximum absolute atomic E-state index is 12.5. The molecule has 1 fully saturated rings. The SMILES string of the molecule is CCN(CCNC(=O)COC1CCOC1)C(=O)Cn1cc2ccccc2n1. The minimum atomic E-state index is -0.177. The van der Waals surface area contributed by atoms with E-state index in [1.165, 1.54) is 0 Å². The van der Waals surface area contributed by atoms with Crippen molar-refractivity contribution in [3.63, 3.8) is 0 Å². The fraction of sp³-hybridized carbons (Fsp3) is 0.526. The lowest BCUT2D eigenvalue weighted by molar-refractivity contribution is -0.133. The molecule has 27 heavy (non-hydrogen) atoms. The lowest BCUT2D eigenvalue weighted by Gasteiger charge is -2.21. The van der Waals surface area contributed by atoms with Gasteiger partial charge in [-0.3, -0.25) is 14.3 Å². The Morgan fingerprint density at radius 1 is 1.41 bits per heavy atom. The molecule has 3 rings (SSSR count). The molecule has 1 saturated heterocycles. The molecule has 0 spiro atoms. The number of carbonyl (C=O) groups excluding carboxylic acids is 2. The Bertz CT molecular complexity index is 737. The molecule has 8 heteroatoms. The van der Waals surface area contributed by atoms with Gasteiger partial charge in [-0.25, -0.2) is 0 Å². The molecule has 2 amide bonds. The second-order valence-corrected chi connectivity index (χ2v) is 6.51. The van der Waals surface area contributed by atoms with Crippen molar-refractivity contribution in [3.8, 4) is 0 Å². The average molecular weight is 374 g/mol. The summed E-state index contributed by atoms with van der Waals surface area (Å²) in [5.41, 5.74) is 0.869. The normalized spacial score (nSPS) is 16.6. The summed E-state index contributed by atoms with van der Waals surface area (Å²) in [5, 5.41) is 8.21. The van der Waals surface area contributed by atoms with Gasteiger partial charge in [-0.1, -0.05) is 18.2 Å². The molecule has 1 atom stereocenters. The van der Waals surface area contributed by atoms with Crippen molar-refractivity contribution >= 4 is 22.7 Å². The molecular formula is C19H26N4O4. The van der Waals surface area contributed by atoms with Gasteiger partial charge in [-0.15, -0.1) is 0 Å². The van der Waals surface area contributed by atoms with Crippen molar-refractivity contribution in [1.82, 2.24) is 20.0 Å². The summed E-state index contributed by atoms with van der Waals surface area (Å²) in [4.78, 5) is 26.1. The van der Waals surface area contributed by atoms with Gasteiger partial charge in [0.25, 0.3) is 0 Å². The first kappa shape index (κ1) is 19.3. The van der Waals surface area contributed by atoms with Crippen LogP contribution in [0.25, 0.3) is 10.9 Å². The third-order valence-corrected chi connectivity index (χ3v) is 4.53. The molecule has 0 aliphatic carbocycles. The van der Waals surface area contributed by atoms with E-state index in [-0.39, 0.29) is 31.1 Å². The van der Waals surface area contributed by atoms with Crippen LogP contribution in [0.5, 0.6) is 0 Å². The largest absolute Gasteiger partial charge is 0.379 e. The van der Waals surface area contributed by atoms with Gasteiger partial charge in [-0.05, 0) is 19.4 Å². The Morgan fingerprint density at radius 3 is 3.00 bits per heavy atom. The highest BCUT2D eigenvalue weighted by Crippen LogP contribution is 2.11.